The van der Waals surface area contributed by atoms with Crippen molar-refractivity contribution >= 4 is 5.91 Å². The van der Waals surface area contributed by atoms with Crippen molar-refractivity contribution in [3.05, 3.63) is 30.3 Å². The van der Waals surface area contributed by atoms with Crippen molar-refractivity contribution in [2.24, 2.45) is 0 Å². The zero-order chi connectivity index (χ0) is 15.1. The molecule has 21 heavy (non-hydrogen) atoms. The van der Waals surface area contributed by atoms with E-state index >= 15 is 0 Å². The predicted molar refractivity (Wildman–Crippen MR) is 82.2 cm³/mol. The van der Waals surface area contributed by atoms with E-state index in [0.717, 1.165) is 25.7 Å². The molecule has 0 aromatic heterocycles. The number of carbonyl (C=O) groups excluding carboxylic acids is 1. The summed E-state index contributed by atoms with van der Waals surface area (Å²) in [5.41, 5.74) is -0.456. The number of nitrogens with one attached hydrogen (secondary N) is 1. The highest BCUT2D eigenvalue weighted by Gasteiger charge is 2.35. The fourth-order valence-corrected chi connectivity index (χ4v) is 2.88. The number of hydrogen-bond acceptors (Lipinski definition) is 3. The van der Waals surface area contributed by atoms with E-state index in [1.165, 1.54) is 6.42 Å². The van der Waals surface area contributed by atoms with Crippen LogP contribution < -0.4 is 10.1 Å². The first-order valence-corrected chi connectivity index (χ1v) is 7.84. The molecule has 0 aliphatic heterocycles. The average molecular weight is 291 g/mol. The summed E-state index contributed by atoms with van der Waals surface area (Å²) in [6.07, 6.45) is 5.05. The minimum atomic E-state index is -0.516. The maximum atomic E-state index is 12.5. The summed E-state index contributed by atoms with van der Waals surface area (Å²) in [6.45, 7) is 1.93. The van der Waals surface area contributed by atoms with Crippen LogP contribution in [0.3, 0.4) is 0 Å². The van der Waals surface area contributed by atoms with E-state index in [9.17, 15) is 9.90 Å². The lowest BCUT2D eigenvalue weighted by Crippen LogP contribution is -2.55. The van der Waals surface area contributed by atoms with E-state index in [1.54, 1.807) is 0 Å². The number of para-hydroxylation sites is 1. The molecule has 1 amide bonds. The van der Waals surface area contributed by atoms with Crippen LogP contribution in [-0.2, 0) is 4.79 Å². The Morgan fingerprint density at radius 1 is 1.29 bits per heavy atom. The first-order valence-electron chi connectivity index (χ1n) is 7.84. The summed E-state index contributed by atoms with van der Waals surface area (Å²) in [7, 11) is 0. The molecule has 1 aliphatic rings. The number of aliphatic hydroxyl groups excluding tert-OH is 1. The molecule has 4 nitrogen and oxygen atoms in total. The molecule has 1 aliphatic carbocycles. The third-order valence-electron chi connectivity index (χ3n) is 4.19. The molecular weight excluding hydrogens is 266 g/mol. The highest BCUT2D eigenvalue weighted by atomic mass is 16.5. The minimum absolute atomic E-state index is 0.000507. The SMILES string of the molecule is CCC(Oc1ccccc1)C(=O)NC1(CO)CCCCC1. The number of hydrogen-bond donors (Lipinski definition) is 2. The highest BCUT2D eigenvalue weighted by molar-refractivity contribution is 5.81. The van der Waals surface area contributed by atoms with Gasteiger partial charge in [-0.25, -0.2) is 0 Å². The molecule has 0 radical (unpaired) electrons. The fraction of sp³-hybridized carbons (Fsp3) is 0.588. The van der Waals surface area contributed by atoms with Crippen LogP contribution in [0.25, 0.3) is 0 Å². The molecule has 1 aromatic carbocycles. The van der Waals surface area contributed by atoms with Crippen LogP contribution in [-0.4, -0.2) is 29.3 Å². The molecule has 116 valence electrons. The highest BCUT2D eigenvalue weighted by Crippen LogP contribution is 2.28. The molecule has 2 N–H and O–H groups in total. The summed E-state index contributed by atoms with van der Waals surface area (Å²) in [4.78, 5) is 12.5. The lowest BCUT2D eigenvalue weighted by atomic mass is 9.82. The van der Waals surface area contributed by atoms with Crippen LogP contribution in [0.1, 0.15) is 45.4 Å². The summed E-state index contributed by atoms with van der Waals surface area (Å²) in [6, 6.07) is 9.38. The Bertz CT molecular complexity index is 441. The van der Waals surface area contributed by atoms with E-state index in [0.29, 0.717) is 12.2 Å². The van der Waals surface area contributed by atoms with Gasteiger partial charge < -0.3 is 15.2 Å². The van der Waals surface area contributed by atoms with Crippen molar-refractivity contribution in [2.75, 3.05) is 6.61 Å². The maximum Gasteiger partial charge on any atom is 0.261 e. The lowest BCUT2D eigenvalue weighted by Gasteiger charge is -2.37. The van der Waals surface area contributed by atoms with Gasteiger partial charge in [0.25, 0.3) is 5.91 Å². The minimum Gasteiger partial charge on any atom is -0.481 e. The van der Waals surface area contributed by atoms with Crippen LogP contribution in [0.2, 0.25) is 0 Å². The fourth-order valence-electron chi connectivity index (χ4n) is 2.88. The van der Waals surface area contributed by atoms with E-state index < -0.39 is 11.6 Å². The molecule has 0 heterocycles. The summed E-state index contributed by atoms with van der Waals surface area (Å²) >= 11 is 0. The number of rotatable bonds is 6. The average Bonchev–Trinajstić information content (AvgIpc) is 2.54. The second kappa shape index (κ2) is 7.46. The van der Waals surface area contributed by atoms with Gasteiger partial charge in [0.15, 0.2) is 6.10 Å². The van der Waals surface area contributed by atoms with Gasteiger partial charge in [-0.2, -0.15) is 0 Å². The second-order valence-corrected chi connectivity index (χ2v) is 5.82. The van der Waals surface area contributed by atoms with Crippen molar-refractivity contribution in [1.29, 1.82) is 0 Å². The zero-order valence-electron chi connectivity index (χ0n) is 12.7. The van der Waals surface area contributed by atoms with Crippen LogP contribution >= 0.6 is 0 Å². The van der Waals surface area contributed by atoms with E-state index in [-0.39, 0.29) is 12.5 Å². The molecule has 1 fully saturated rings. The Morgan fingerprint density at radius 2 is 1.95 bits per heavy atom. The zero-order valence-corrected chi connectivity index (χ0v) is 12.7. The van der Waals surface area contributed by atoms with Gasteiger partial charge in [-0.1, -0.05) is 44.4 Å². The molecule has 1 atom stereocenters. The third-order valence-corrected chi connectivity index (χ3v) is 4.19. The van der Waals surface area contributed by atoms with Crippen molar-refractivity contribution < 1.29 is 14.6 Å². The summed E-state index contributed by atoms with van der Waals surface area (Å²) in [5.74, 6) is 0.568. The first kappa shape index (κ1) is 15.8. The van der Waals surface area contributed by atoms with Gasteiger partial charge in [0.1, 0.15) is 5.75 Å². The molecule has 1 aromatic rings. The normalized spacial score (nSPS) is 18.8. The summed E-state index contributed by atoms with van der Waals surface area (Å²) in [5, 5.41) is 12.7. The number of benzene rings is 1. The van der Waals surface area contributed by atoms with Gasteiger partial charge in [0.2, 0.25) is 0 Å². The van der Waals surface area contributed by atoms with Gasteiger partial charge >= 0.3 is 0 Å². The number of ether oxygens (including phenoxy) is 1. The Kier molecular flexibility index (Phi) is 5.62. The van der Waals surface area contributed by atoms with E-state index in [2.05, 4.69) is 5.32 Å². The van der Waals surface area contributed by atoms with Crippen LogP contribution in [0.4, 0.5) is 0 Å². The largest absolute Gasteiger partial charge is 0.481 e. The van der Waals surface area contributed by atoms with Crippen molar-refractivity contribution in [3.63, 3.8) is 0 Å². The maximum absolute atomic E-state index is 12.5. The van der Waals surface area contributed by atoms with Gasteiger partial charge in [0.05, 0.1) is 12.1 Å². The van der Waals surface area contributed by atoms with Crippen LogP contribution in [0.15, 0.2) is 30.3 Å². The number of carbonyl (C=O) groups is 1. The molecule has 2 rings (SSSR count). The van der Waals surface area contributed by atoms with Crippen LogP contribution in [0, 0.1) is 0 Å². The predicted octanol–water partition coefficient (Wildman–Crippen LogP) is 2.66. The topological polar surface area (TPSA) is 58.6 Å². The van der Waals surface area contributed by atoms with E-state index in [4.69, 9.17) is 4.74 Å². The van der Waals surface area contributed by atoms with Crippen LogP contribution in [0.5, 0.6) is 5.75 Å². The molecule has 1 saturated carbocycles. The molecule has 0 saturated heterocycles. The quantitative estimate of drug-likeness (QED) is 0.847. The van der Waals surface area contributed by atoms with Crippen molar-refractivity contribution in [2.45, 2.75) is 57.1 Å². The molecular formula is C17H25NO3. The van der Waals surface area contributed by atoms with Crippen molar-refractivity contribution in [3.8, 4) is 5.75 Å². The Hall–Kier alpha value is -1.55. The molecule has 0 spiro atoms. The van der Waals surface area contributed by atoms with Gasteiger partial charge in [-0.05, 0) is 31.4 Å². The monoisotopic (exact) mass is 291 g/mol. The third kappa shape index (κ3) is 4.21. The Morgan fingerprint density at radius 3 is 2.52 bits per heavy atom. The summed E-state index contributed by atoms with van der Waals surface area (Å²) < 4.78 is 5.76. The second-order valence-electron chi connectivity index (χ2n) is 5.82. The standard InChI is InChI=1S/C17H25NO3/c1-2-15(21-14-9-5-3-6-10-14)16(20)18-17(13-19)11-7-4-8-12-17/h3,5-6,9-10,15,19H,2,4,7-8,11-13H2,1H3,(H,18,20). The lowest BCUT2D eigenvalue weighted by molar-refractivity contribution is -0.131. The first-order chi connectivity index (χ1) is 10.2. The molecule has 4 heteroatoms. The van der Waals surface area contributed by atoms with Gasteiger partial charge in [0, 0.05) is 0 Å². The van der Waals surface area contributed by atoms with Gasteiger partial charge in [-0.3, -0.25) is 4.79 Å². The van der Waals surface area contributed by atoms with E-state index in [1.807, 2.05) is 37.3 Å². The van der Waals surface area contributed by atoms with Crippen molar-refractivity contribution in [1.82, 2.24) is 5.32 Å². The number of aliphatic hydroxyl groups is 1. The molecule has 1 unspecified atom stereocenters. The van der Waals surface area contributed by atoms with Gasteiger partial charge in [-0.15, -0.1) is 0 Å². The Balaban J connectivity index is 1.99. The Labute approximate surface area is 126 Å². The smallest absolute Gasteiger partial charge is 0.261 e. The molecule has 0 bridgehead atoms. The number of amides is 1.